The van der Waals surface area contributed by atoms with Crippen molar-refractivity contribution in [3.05, 3.63) is 37.0 Å². The van der Waals surface area contributed by atoms with Crippen molar-refractivity contribution < 1.29 is 19.1 Å². The maximum absolute atomic E-state index is 11.4. The normalized spacial score (nSPS) is 13.5. The molecule has 0 fully saturated rings. The molecule has 0 spiro atoms. The topological polar surface area (TPSA) is 52.6 Å². The lowest BCUT2D eigenvalue weighted by Crippen LogP contribution is -2.22. The molecular weight excluding hydrogens is 244 g/mol. The summed E-state index contributed by atoms with van der Waals surface area (Å²) in [5.74, 6) is -1.13. The van der Waals surface area contributed by atoms with Crippen molar-refractivity contribution in [2.75, 3.05) is 0 Å². The highest BCUT2D eigenvalue weighted by molar-refractivity contribution is 5.91. The molecule has 4 heteroatoms. The van der Waals surface area contributed by atoms with E-state index in [9.17, 15) is 9.59 Å². The van der Waals surface area contributed by atoms with Gasteiger partial charge >= 0.3 is 11.9 Å². The Morgan fingerprint density at radius 2 is 1.79 bits per heavy atom. The summed E-state index contributed by atoms with van der Waals surface area (Å²) in [5, 5.41) is 0. The monoisotopic (exact) mass is 266 g/mol. The summed E-state index contributed by atoms with van der Waals surface area (Å²) in [6, 6.07) is 0. The molecule has 0 aromatic carbocycles. The van der Waals surface area contributed by atoms with Crippen LogP contribution in [-0.2, 0) is 19.1 Å². The minimum Gasteiger partial charge on any atom is -0.459 e. The fraction of sp³-hybridized carbons (Fsp3) is 0.467. The predicted octanol–water partition coefficient (Wildman–Crippen LogP) is 2.95. The van der Waals surface area contributed by atoms with Gasteiger partial charge in [-0.15, -0.1) is 0 Å². The highest BCUT2D eigenvalue weighted by atomic mass is 16.6. The van der Waals surface area contributed by atoms with Crippen molar-refractivity contribution >= 4 is 11.9 Å². The molecule has 0 N–H and O–H groups in total. The summed E-state index contributed by atoms with van der Waals surface area (Å²) in [4.78, 5) is 22.7. The number of allylic oxidation sites excluding steroid dienone is 2. The Balaban J connectivity index is 4.13. The van der Waals surface area contributed by atoms with E-state index in [2.05, 4.69) is 6.58 Å². The van der Waals surface area contributed by atoms with Crippen LogP contribution in [0.25, 0.3) is 0 Å². The van der Waals surface area contributed by atoms with Crippen molar-refractivity contribution in [2.45, 2.75) is 45.8 Å². The third-order valence-corrected chi connectivity index (χ3v) is 1.82. The SMILES string of the molecule is C=C/C=C/CC(C)OC(=O)/C=C/C(=O)OC(C)(C)C. The molecule has 0 saturated carbocycles. The number of ether oxygens (including phenoxy) is 2. The van der Waals surface area contributed by atoms with Gasteiger partial charge in [-0.1, -0.05) is 24.8 Å². The van der Waals surface area contributed by atoms with Gasteiger partial charge in [0.25, 0.3) is 0 Å². The zero-order chi connectivity index (χ0) is 14.9. The van der Waals surface area contributed by atoms with Crippen LogP contribution in [-0.4, -0.2) is 23.6 Å². The van der Waals surface area contributed by atoms with E-state index in [4.69, 9.17) is 9.47 Å². The van der Waals surface area contributed by atoms with Crippen molar-refractivity contribution in [3.8, 4) is 0 Å². The molecule has 0 radical (unpaired) electrons. The Labute approximate surface area is 114 Å². The number of esters is 2. The van der Waals surface area contributed by atoms with Gasteiger partial charge in [0.2, 0.25) is 0 Å². The second-order valence-electron chi connectivity index (χ2n) is 5.01. The van der Waals surface area contributed by atoms with Gasteiger partial charge in [-0.05, 0) is 27.7 Å². The van der Waals surface area contributed by atoms with E-state index >= 15 is 0 Å². The predicted molar refractivity (Wildman–Crippen MR) is 74.5 cm³/mol. The van der Waals surface area contributed by atoms with E-state index in [-0.39, 0.29) is 6.10 Å². The van der Waals surface area contributed by atoms with Crippen LogP contribution in [0.1, 0.15) is 34.1 Å². The lowest BCUT2D eigenvalue weighted by molar-refractivity contribution is -0.149. The molecule has 0 aromatic heterocycles. The molecule has 1 unspecified atom stereocenters. The molecule has 106 valence electrons. The Hall–Kier alpha value is -1.84. The molecule has 0 aliphatic rings. The van der Waals surface area contributed by atoms with E-state index in [1.165, 1.54) is 0 Å². The molecule has 19 heavy (non-hydrogen) atoms. The minimum absolute atomic E-state index is 0.257. The molecule has 4 nitrogen and oxygen atoms in total. The van der Waals surface area contributed by atoms with Crippen molar-refractivity contribution in [3.63, 3.8) is 0 Å². The second kappa shape index (κ2) is 8.29. The van der Waals surface area contributed by atoms with E-state index in [1.807, 2.05) is 6.08 Å². The van der Waals surface area contributed by atoms with Crippen LogP contribution in [0.15, 0.2) is 37.0 Å². The summed E-state index contributed by atoms with van der Waals surface area (Å²) >= 11 is 0. The average molecular weight is 266 g/mol. The first-order valence-electron chi connectivity index (χ1n) is 6.14. The van der Waals surface area contributed by atoms with Crippen LogP contribution >= 0.6 is 0 Å². The highest BCUT2D eigenvalue weighted by Crippen LogP contribution is 2.07. The highest BCUT2D eigenvalue weighted by Gasteiger charge is 2.14. The zero-order valence-electron chi connectivity index (χ0n) is 12.0. The summed E-state index contributed by atoms with van der Waals surface area (Å²) < 4.78 is 10.1. The number of hydrogen-bond acceptors (Lipinski definition) is 4. The molecule has 1 atom stereocenters. The van der Waals surface area contributed by atoms with Gasteiger partial charge in [0, 0.05) is 18.6 Å². The van der Waals surface area contributed by atoms with Gasteiger partial charge < -0.3 is 9.47 Å². The van der Waals surface area contributed by atoms with Gasteiger partial charge in [-0.2, -0.15) is 0 Å². The maximum Gasteiger partial charge on any atom is 0.331 e. The molecule has 0 aromatic rings. The van der Waals surface area contributed by atoms with Crippen molar-refractivity contribution in [2.24, 2.45) is 0 Å². The van der Waals surface area contributed by atoms with Gasteiger partial charge in [0.15, 0.2) is 0 Å². The van der Waals surface area contributed by atoms with Crippen LogP contribution in [0.2, 0.25) is 0 Å². The molecule has 0 amide bonds. The van der Waals surface area contributed by atoms with Crippen molar-refractivity contribution in [1.29, 1.82) is 0 Å². The minimum atomic E-state index is -0.575. The number of carbonyl (C=O) groups is 2. The lowest BCUT2D eigenvalue weighted by atomic mass is 10.2. The maximum atomic E-state index is 11.4. The average Bonchev–Trinajstić information content (AvgIpc) is 2.24. The van der Waals surface area contributed by atoms with Crippen LogP contribution in [0, 0.1) is 0 Å². The molecule has 0 bridgehead atoms. The van der Waals surface area contributed by atoms with Gasteiger partial charge in [-0.25, -0.2) is 9.59 Å². The van der Waals surface area contributed by atoms with Gasteiger partial charge in [0.1, 0.15) is 11.7 Å². The molecular formula is C15H22O4. The van der Waals surface area contributed by atoms with Crippen LogP contribution in [0.4, 0.5) is 0 Å². The number of carbonyl (C=O) groups excluding carboxylic acids is 2. The first-order valence-corrected chi connectivity index (χ1v) is 6.14. The fourth-order valence-corrected chi connectivity index (χ4v) is 1.12. The van der Waals surface area contributed by atoms with Crippen LogP contribution in [0.3, 0.4) is 0 Å². The Bertz CT molecular complexity index is 372. The number of hydrogen-bond donors (Lipinski definition) is 0. The molecule has 0 aliphatic carbocycles. The van der Waals surface area contributed by atoms with Crippen LogP contribution < -0.4 is 0 Å². The first-order chi connectivity index (χ1) is 8.74. The second-order valence-corrected chi connectivity index (χ2v) is 5.01. The molecule has 0 heterocycles. The smallest absolute Gasteiger partial charge is 0.331 e. The Morgan fingerprint density at radius 3 is 2.32 bits per heavy atom. The largest absolute Gasteiger partial charge is 0.459 e. The van der Waals surface area contributed by atoms with E-state index in [0.29, 0.717) is 6.42 Å². The zero-order valence-corrected chi connectivity index (χ0v) is 12.0. The summed E-state index contributed by atoms with van der Waals surface area (Å²) in [7, 11) is 0. The fourth-order valence-electron chi connectivity index (χ4n) is 1.12. The third-order valence-electron chi connectivity index (χ3n) is 1.82. The van der Waals surface area contributed by atoms with E-state index in [1.54, 1.807) is 39.8 Å². The molecule has 0 aliphatic heterocycles. The molecule has 0 saturated heterocycles. The van der Waals surface area contributed by atoms with Gasteiger partial charge in [0.05, 0.1) is 0 Å². The lowest BCUT2D eigenvalue weighted by Gasteiger charge is -2.17. The van der Waals surface area contributed by atoms with Crippen molar-refractivity contribution in [1.82, 2.24) is 0 Å². The Kier molecular flexibility index (Phi) is 7.49. The summed E-state index contributed by atoms with van der Waals surface area (Å²) in [6.45, 7) is 10.6. The van der Waals surface area contributed by atoms with Gasteiger partial charge in [-0.3, -0.25) is 0 Å². The van der Waals surface area contributed by atoms with Crippen LogP contribution in [0.5, 0.6) is 0 Å². The van der Waals surface area contributed by atoms with E-state index < -0.39 is 17.5 Å². The first kappa shape index (κ1) is 17.2. The standard InChI is InChI=1S/C15H22O4/c1-6-7-8-9-12(2)18-13(16)10-11-14(17)19-15(3,4)5/h6-8,10-12H,1,9H2,2-5H3/b8-7+,11-10+. The Morgan fingerprint density at radius 1 is 1.21 bits per heavy atom. The quantitative estimate of drug-likeness (QED) is 0.421. The number of rotatable bonds is 6. The summed E-state index contributed by atoms with van der Waals surface area (Å²) in [6.07, 6.45) is 7.76. The summed E-state index contributed by atoms with van der Waals surface area (Å²) in [5.41, 5.74) is -0.575. The van der Waals surface area contributed by atoms with E-state index in [0.717, 1.165) is 12.2 Å². The molecule has 0 rings (SSSR count). The third kappa shape index (κ3) is 11.0.